The molecule has 1 aliphatic heterocycles. The summed E-state index contributed by atoms with van der Waals surface area (Å²) < 4.78 is 2.37. The smallest absolute Gasteiger partial charge is 0.179 e. The molecule has 0 bridgehead atoms. The quantitative estimate of drug-likeness (QED) is 0.114. The average molecular weight is 755 g/mol. The highest BCUT2D eigenvalue weighted by molar-refractivity contribution is 7.20. The van der Waals surface area contributed by atoms with Gasteiger partial charge in [-0.15, -0.1) is 4.94 Å². The molecule has 0 saturated carbocycles. The molecule has 0 atom stereocenters. The van der Waals surface area contributed by atoms with Crippen LogP contribution in [0.3, 0.4) is 0 Å². The lowest BCUT2D eigenvalue weighted by atomic mass is 9.93. The van der Waals surface area contributed by atoms with Crippen LogP contribution in [0.25, 0.3) is 38.8 Å². The third kappa shape index (κ3) is 5.68. The minimum absolute atomic E-state index is 0.397. The van der Waals surface area contributed by atoms with E-state index in [0.717, 1.165) is 39.5 Å². The normalized spacial score (nSPS) is 12.8. The number of nitrogens with zero attached hydrogens (tertiary/aromatic N) is 4. The Morgan fingerprint density at radius 3 is 1.93 bits per heavy atom. The largest absolute Gasteiger partial charge is 0.294 e. The first kappa shape index (κ1) is 34.7. The lowest BCUT2D eigenvalue weighted by molar-refractivity contribution is 0.142. The van der Waals surface area contributed by atoms with E-state index >= 15 is 0 Å². The van der Waals surface area contributed by atoms with Gasteiger partial charge in [0.1, 0.15) is 5.82 Å². The highest BCUT2D eigenvalue weighted by Crippen LogP contribution is 2.40. The molecule has 0 N–H and O–H groups in total. The molecule has 9 aromatic rings. The summed E-state index contributed by atoms with van der Waals surface area (Å²) in [6, 6.07) is 68.6. The molecule has 0 fully saturated rings. The van der Waals surface area contributed by atoms with Crippen LogP contribution in [0.15, 0.2) is 194 Å². The molecule has 57 heavy (non-hydrogen) atoms. The van der Waals surface area contributed by atoms with Gasteiger partial charge in [-0.25, -0.2) is 10.0 Å². The maximum Gasteiger partial charge on any atom is 0.179 e. The van der Waals surface area contributed by atoms with Crippen molar-refractivity contribution < 1.29 is 4.94 Å². The number of aromatic nitrogens is 2. The molecule has 0 radical (unpaired) electrons. The Bertz CT molecular complexity index is 2870. The van der Waals surface area contributed by atoms with Crippen molar-refractivity contribution in [3.05, 3.63) is 200 Å². The topological polar surface area (TPSA) is 33.5 Å². The van der Waals surface area contributed by atoms with E-state index in [1.54, 1.807) is 0 Å². The first-order valence-corrected chi connectivity index (χ1v) is 21.6. The van der Waals surface area contributed by atoms with Crippen LogP contribution in [0.2, 0.25) is 0 Å². The van der Waals surface area contributed by atoms with E-state index in [0.29, 0.717) is 5.92 Å². The van der Waals surface area contributed by atoms with Gasteiger partial charge in [0.15, 0.2) is 8.07 Å². The summed E-state index contributed by atoms with van der Waals surface area (Å²) in [4.78, 5) is 11.5. The molecule has 1 aliphatic rings. The summed E-state index contributed by atoms with van der Waals surface area (Å²) >= 11 is 0. The summed E-state index contributed by atoms with van der Waals surface area (Å²) in [7, 11) is -1.04. The Morgan fingerprint density at radius 2 is 1.16 bits per heavy atom. The van der Waals surface area contributed by atoms with Gasteiger partial charge in [0.25, 0.3) is 0 Å². The highest BCUT2D eigenvalue weighted by Gasteiger charge is 2.42. The van der Waals surface area contributed by atoms with Crippen LogP contribution in [-0.2, 0) is 4.94 Å². The van der Waals surface area contributed by atoms with Crippen LogP contribution in [0, 0.1) is 0 Å². The molecule has 10 rings (SSSR count). The first-order chi connectivity index (χ1) is 28.0. The fourth-order valence-corrected chi connectivity index (χ4v) is 13.7. The lowest BCUT2D eigenvalue weighted by Gasteiger charge is -2.35. The van der Waals surface area contributed by atoms with Gasteiger partial charge in [-0.05, 0) is 91.9 Å². The predicted octanol–water partition coefficient (Wildman–Crippen LogP) is 9.78. The zero-order chi connectivity index (χ0) is 38.5. The fraction of sp³-hybridized carbons (Fsp3) is 0.0784. The van der Waals surface area contributed by atoms with Crippen molar-refractivity contribution in [2.45, 2.75) is 19.8 Å². The molecule has 0 spiro atoms. The zero-order valence-electron chi connectivity index (χ0n) is 32.2. The summed E-state index contributed by atoms with van der Waals surface area (Å²) in [5.74, 6) is 1.30. The number of rotatable bonds is 8. The zero-order valence-corrected chi connectivity index (χ0v) is 33.2. The van der Waals surface area contributed by atoms with Crippen LogP contribution < -0.4 is 30.9 Å². The molecule has 0 saturated heterocycles. The van der Waals surface area contributed by atoms with Crippen molar-refractivity contribution in [1.29, 1.82) is 0 Å². The molecule has 0 amide bonds. The Labute approximate surface area is 334 Å². The van der Waals surface area contributed by atoms with Gasteiger partial charge in [-0.1, -0.05) is 153 Å². The molecular weight excluding hydrogens is 713 g/mol. The second kappa shape index (κ2) is 14.1. The SMILES string of the molecule is CC(C)c1ccccc1-c1ccnc(-n2c3ccccc3c3ccc([Si](c4ccccc4)(c4ccccc4)c4cccc(N5ON(C)c6ccccc65)c4)cc32)c1. The van der Waals surface area contributed by atoms with Crippen LogP contribution >= 0.6 is 0 Å². The van der Waals surface area contributed by atoms with Crippen molar-refractivity contribution in [3.8, 4) is 16.9 Å². The van der Waals surface area contributed by atoms with Gasteiger partial charge < -0.3 is 0 Å². The maximum absolute atomic E-state index is 6.39. The average Bonchev–Trinajstić information content (AvgIpc) is 3.79. The van der Waals surface area contributed by atoms with Gasteiger partial charge in [0.05, 0.1) is 28.1 Å². The second-order valence-corrected chi connectivity index (χ2v) is 18.9. The van der Waals surface area contributed by atoms with Gasteiger partial charge in [0.2, 0.25) is 0 Å². The minimum Gasteiger partial charge on any atom is -0.294 e. The standard InChI is InChI=1S/C51H42N4OSi/c1-36(2)43-23-10-11-24-44(43)37-31-32-52-51(33-37)54-47-26-13-12-25-45(47)46-30-29-42(35-50(46)54)57(39-18-6-4-7-19-39,40-20-8-5-9-21-40)41-22-16-17-38(34-41)55-49-28-15-14-27-48(49)53(3)56-55/h4-36H,1-3H3. The van der Waals surface area contributed by atoms with Gasteiger partial charge in [-0.2, -0.15) is 5.06 Å². The summed E-state index contributed by atoms with van der Waals surface area (Å²) in [5, 5.41) is 11.4. The van der Waals surface area contributed by atoms with E-state index < -0.39 is 8.07 Å². The predicted molar refractivity (Wildman–Crippen MR) is 240 cm³/mol. The minimum atomic E-state index is -2.99. The number of benzene rings is 7. The van der Waals surface area contributed by atoms with E-state index in [1.165, 1.54) is 42.6 Å². The molecule has 7 aromatic carbocycles. The first-order valence-electron chi connectivity index (χ1n) is 19.6. The van der Waals surface area contributed by atoms with E-state index in [4.69, 9.17) is 9.92 Å². The molecule has 276 valence electrons. The fourth-order valence-electron chi connectivity index (χ4n) is 8.96. The number of hydroxylamine groups is 1. The van der Waals surface area contributed by atoms with Crippen LogP contribution in [0.1, 0.15) is 25.3 Å². The van der Waals surface area contributed by atoms with E-state index in [2.05, 4.69) is 200 Å². The number of fused-ring (bicyclic) bond motifs is 4. The third-order valence-corrected chi connectivity index (χ3v) is 16.3. The Kier molecular flexibility index (Phi) is 8.58. The number of hydrogen-bond donors (Lipinski definition) is 0. The van der Waals surface area contributed by atoms with Gasteiger partial charge >= 0.3 is 0 Å². The number of para-hydroxylation sites is 3. The molecular formula is C51H42N4OSi. The Hall–Kier alpha value is -6.73. The number of anilines is 3. The van der Waals surface area contributed by atoms with Crippen molar-refractivity contribution in [2.24, 2.45) is 0 Å². The molecule has 0 aliphatic carbocycles. The Balaban J connectivity index is 1.24. The summed E-state index contributed by atoms with van der Waals surface area (Å²) in [6.45, 7) is 4.52. The van der Waals surface area contributed by atoms with E-state index in [9.17, 15) is 0 Å². The monoisotopic (exact) mass is 754 g/mol. The number of pyridine rings is 1. The van der Waals surface area contributed by atoms with E-state index in [-0.39, 0.29) is 0 Å². The van der Waals surface area contributed by atoms with Crippen molar-refractivity contribution in [2.75, 3.05) is 17.2 Å². The maximum atomic E-state index is 6.39. The van der Waals surface area contributed by atoms with Gasteiger partial charge in [-0.3, -0.25) is 4.57 Å². The van der Waals surface area contributed by atoms with Crippen molar-refractivity contribution in [1.82, 2.24) is 9.55 Å². The van der Waals surface area contributed by atoms with Crippen LogP contribution in [0.5, 0.6) is 0 Å². The van der Waals surface area contributed by atoms with Crippen LogP contribution in [0.4, 0.5) is 17.1 Å². The summed E-state index contributed by atoms with van der Waals surface area (Å²) in [6.07, 6.45) is 1.96. The number of hydrogen-bond acceptors (Lipinski definition) is 4. The summed E-state index contributed by atoms with van der Waals surface area (Å²) in [5.41, 5.74) is 9.03. The molecule has 6 heteroatoms. The Morgan fingerprint density at radius 1 is 0.526 bits per heavy atom. The third-order valence-electron chi connectivity index (χ3n) is 11.5. The van der Waals surface area contributed by atoms with Gasteiger partial charge in [0, 0.05) is 24.0 Å². The highest BCUT2D eigenvalue weighted by atomic mass is 28.3. The van der Waals surface area contributed by atoms with Crippen molar-refractivity contribution in [3.63, 3.8) is 0 Å². The van der Waals surface area contributed by atoms with Crippen molar-refractivity contribution >= 4 is 67.7 Å². The van der Waals surface area contributed by atoms with Crippen LogP contribution in [-0.4, -0.2) is 24.7 Å². The molecule has 0 unspecified atom stereocenters. The second-order valence-electron chi connectivity index (χ2n) is 15.1. The molecule has 3 heterocycles. The molecule has 2 aromatic heterocycles. The molecule has 5 nitrogen and oxygen atoms in total. The lowest BCUT2D eigenvalue weighted by Crippen LogP contribution is -2.74. The van der Waals surface area contributed by atoms with E-state index in [1.807, 2.05) is 29.4 Å².